The lowest BCUT2D eigenvalue weighted by Gasteiger charge is -2.10. The van der Waals surface area contributed by atoms with E-state index in [9.17, 15) is 5.11 Å². The molecular weight excluding hydrogens is 298 g/mol. The van der Waals surface area contributed by atoms with E-state index in [-0.39, 0.29) is 0 Å². The van der Waals surface area contributed by atoms with Gasteiger partial charge in [0, 0.05) is 23.4 Å². The Balaban J connectivity index is 2.20. The highest BCUT2D eigenvalue weighted by atomic mass is 16.5. The second kappa shape index (κ2) is 6.83. The van der Waals surface area contributed by atoms with Crippen molar-refractivity contribution in [3.8, 4) is 33.9 Å². The van der Waals surface area contributed by atoms with Gasteiger partial charge in [0.25, 0.3) is 0 Å². The van der Waals surface area contributed by atoms with Crippen molar-refractivity contribution in [3.05, 3.63) is 60.3 Å². The van der Waals surface area contributed by atoms with Crippen LogP contribution in [0.15, 0.2) is 54.6 Å². The Kier molecular flexibility index (Phi) is 4.61. The van der Waals surface area contributed by atoms with E-state index in [0.717, 1.165) is 46.8 Å². The molecule has 3 rings (SSSR count). The molecule has 0 aliphatic rings. The van der Waals surface area contributed by atoms with E-state index >= 15 is 0 Å². The topological polar surface area (TPSA) is 34.4 Å². The second-order valence-corrected chi connectivity index (χ2v) is 5.90. The summed E-state index contributed by atoms with van der Waals surface area (Å²) < 4.78 is 7.45. The molecule has 0 unspecified atom stereocenters. The second-order valence-electron chi connectivity index (χ2n) is 5.90. The summed E-state index contributed by atoms with van der Waals surface area (Å²) in [7, 11) is 1.66. The summed E-state index contributed by atoms with van der Waals surface area (Å²) in [5, 5.41) is 11.0. The summed E-state index contributed by atoms with van der Waals surface area (Å²) in [6.07, 6.45) is 1.01. The number of nitrogens with zero attached hydrogens (tertiary/aromatic N) is 1. The first-order valence-corrected chi connectivity index (χ1v) is 8.29. The van der Waals surface area contributed by atoms with Gasteiger partial charge in [-0.25, -0.2) is 0 Å². The molecule has 0 aliphatic carbocycles. The van der Waals surface area contributed by atoms with Gasteiger partial charge in [-0.15, -0.1) is 0 Å². The number of aromatic hydroxyl groups is 1. The minimum absolute atomic E-state index is 0.345. The Labute approximate surface area is 143 Å². The average Bonchev–Trinajstić information content (AvgIpc) is 2.86. The van der Waals surface area contributed by atoms with Gasteiger partial charge in [0.1, 0.15) is 11.5 Å². The van der Waals surface area contributed by atoms with E-state index in [1.807, 2.05) is 54.6 Å². The monoisotopic (exact) mass is 321 g/mol. The molecule has 2 aromatic carbocycles. The van der Waals surface area contributed by atoms with Gasteiger partial charge in [-0.2, -0.15) is 0 Å². The molecule has 0 amide bonds. The van der Waals surface area contributed by atoms with Crippen molar-refractivity contribution in [2.45, 2.75) is 26.8 Å². The van der Waals surface area contributed by atoms with E-state index in [4.69, 9.17) is 4.74 Å². The highest BCUT2D eigenvalue weighted by Gasteiger charge is 2.21. The lowest BCUT2D eigenvalue weighted by Crippen LogP contribution is -2.01. The van der Waals surface area contributed by atoms with E-state index in [1.54, 1.807) is 7.11 Å². The molecule has 3 aromatic rings. The molecule has 124 valence electrons. The van der Waals surface area contributed by atoms with Crippen molar-refractivity contribution in [1.29, 1.82) is 0 Å². The third-order valence-electron chi connectivity index (χ3n) is 4.37. The van der Waals surface area contributed by atoms with E-state index in [0.29, 0.717) is 5.75 Å². The predicted octanol–water partition coefficient (Wildman–Crippen LogP) is 5.25. The van der Waals surface area contributed by atoms with Gasteiger partial charge in [-0.05, 0) is 31.0 Å². The number of ether oxygens (including phenoxy) is 1. The SMILES string of the molecule is CCCn1c(C)c(-c2ccc(OC)cc2)c(O)c1-c1ccccc1. The Bertz CT molecular complexity index is 817. The van der Waals surface area contributed by atoms with Crippen LogP contribution in [0.4, 0.5) is 0 Å². The van der Waals surface area contributed by atoms with Crippen LogP contribution in [0.1, 0.15) is 19.0 Å². The van der Waals surface area contributed by atoms with Gasteiger partial charge in [-0.1, -0.05) is 49.4 Å². The van der Waals surface area contributed by atoms with E-state index < -0.39 is 0 Å². The molecule has 0 bridgehead atoms. The summed E-state index contributed by atoms with van der Waals surface area (Å²) in [5.74, 6) is 1.16. The Morgan fingerprint density at radius 3 is 2.21 bits per heavy atom. The van der Waals surface area contributed by atoms with Crippen LogP contribution >= 0.6 is 0 Å². The van der Waals surface area contributed by atoms with Crippen molar-refractivity contribution >= 4 is 0 Å². The van der Waals surface area contributed by atoms with Gasteiger partial charge in [0.05, 0.1) is 12.8 Å². The highest BCUT2D eigenvalue weighted by Crippen LogP contribution is 2.43. The summed E-state index contributed by atoms with van der Waals surface area (Å²) in [4.78, 5) is 0. The third-order valence-corrected chi connectivity index (χ3v) is 4.37. The van der Waals surface area contributed by atoms with Crippen LogP contribution in [0.2, 0.25) is 0 Å². The Hall–Kier alpha value is -2.68. The summed E-state index contributed by atoms with van der Waals surface area (Å²) >= 11 is 0. The van der Waals surface area contributed by atoms with Gasteiger partial charge in [-0.3, -0.25) is 0 Å². The lowest BCUT2D eigenvalue weighted by molar-refractivity contribution is 0.415. The van der Waals surface area contributed by atoms with Crippen LogP contribution < -0.4 is 4.74 Å². The first-order valence-electron chi connectivity index (χ1n) is 8.29. The van der Waals surface area contributed by atoms with Crippen LogP contribution in [0.5, 0.6) is 11.5 Å². The van der Waals surface area contributed by atoms with Gasteiger partial charge in [0.2, 0.25) is 0 Å². The zero-order valence-electron chi connectivity index (χ0n) is 14.4. The van der Waals surface area contributed by atoms with Crippen LogP contribution in [0.3, 0.4) is 0 Å². The maximum Gasteiger partial charge on any atom is 0.149 e. The van der Waals surface area contributed by atoms with Crippen molar-refractivity contribution in [2.24, 2.45) is 0 Å². The first kappa shape index (κ1) is 16.2. The molecule has 3 nitrogen and oxygen atoms in total. The fourth-order valence-corrected chi connectivity index (χ4v) is 3.22. The maximum absolute atomic E-state index is 11.0. The molecule has 3 heteroatoms. The molecule has 0 fully saturated rings. The zero-order chi connectivity index (χ0) is 17.1. The van der Waals surface area contributed by atoms with Gasteiger partial charge in [0.15, 0.2) is 0 Å². The number of hydrogen-bond acceptors (Lipinski definition) is 2. The quantitative estimate of drug-likeness (QED) is 0.696. The molecule has 0 atom stereocenters. The molecule has 0 spiro atoms. The normalized spacial score (nSPS) is 10.8. The maximum atomic E-state index is 11.0. The number of methoxy groups -OCH3 is 1. The molecule has 1 aromatic heterocycles. The summed E-state index contributed by atoms with van der Waals surface area (Å²) in [5.41, 5.74) is 4.90. The molecule has 24 heavy (non-hydrogen) atoms. The molecule has 0 saturated carbocycles. The Morgan fingerprint density at radius 2 is 1.62 bits per heavy atom. The average molecular weight is 321 g/mol. The molecule has 0 radical (unpaired) electrons. The molecule has 1 N–H and O–H groups in total. The first-order chi connectivity index (χ1) is 11.7. The number of rotatable bonds is 5. The third kappa shape index (κ3) is 2.78. The molecule has 0 aliphatic heterocycles. The van der Waals surface area contributed by atoms with Crippen LogP contribution in [-0.4, -0.2) is 16.8 Å². The molecule has 1 heterocycles. The van der Waals surface area contributed by atoms with E-state index in [2.05, 4.69) is 18.4 Å². The van der Waals surface area contributed by atoms with Crippen molar-refractivity contribution < 1.29 is 9.84 Å². The smallest absolute Gasteiger partial charge is 0.149 e. The summed E-state index contributed by atoms with van der Waals surface area (Å²) in [6.45, 7) is 5.10. The minimum Gasteiger partial charge on any atom is -0.505 e. The number of aromatic nitrogens is 1. The predicted molar refractivity (Wildman–Crippen MR) is 98.5 cm³/mol. The van der Waals surface area contributed by atoms with Gasteiger partial charge >= 0.3 is 0 Å². The highest BCUT2D eigenvalue weighted by molar-refractivity contribution is 5.83. The van der Waals surface area contributed by atoms with Crippen molar-refractivity contribution in [1.82, 2.24) is 4.57 Å². The molecular formula is C21H23NO2. The van der Waals surface area contributed by atoms with Crippen LogP contribution in [-0.2, 0) is 6.54 Å². The number of hydrogen-bond donors (Lipinski definition) is 1. The van der Waals surface area contributed by atoms with Crippen LogP contribution in [0.25, 0.3) is 22.4 Å². The fourth-order valence-electron chi connectivity index (χ4n) is 3.22. The Morgan fingerprint density at radius 1 is 0.958 bits per heavy atom. The summed E-state index contributed by atoms with van der Waals surface area (Å²) in [6, 6.07) is 17.9. The fraction of sp³-hybridized carbons (Fsp3) is 0.238. The van der Waals surface area contributed by atoms with Gasteiger partial charge < -0.3 is 14.4 Å². The van der Waals surface area contributed by atoms with Crippen molar-refractivity contribution in [2.75, 3.05) is 7.11 Å². The van der Waals surface area contributed by atoms with Crippen LogP contribution in [0, 0.1) is 6.92 Å². The largest absolute Gasteiger partial charge is 0.505 e. The number of benzene rings is 2. The lowest BCUT2D eigenvalue weighted by atomic mass is 10.0. The zero-order valence-corrected chi connectivity index (χ0v) is 14.4. The minimum atomic E-state index is 0.345. The van der Waals surface area contributed by atoms with Crippen molar-refractivity contribution in [3.63, 3.8) is 0 Å². The standard InChI is InChI=1S/C21H23NO2/c1-4-14-22-15(2)19(16-10-12-18(24-3)13-11-16)21(23)20(22)17-8-6-5-7-9-17/h5-13,23H,4,14H2,1-3H3. The molecule has 0 saturated heterocycles. The van der Waals surface area contributed by atoms with E-state index in [1.165, 1.54) is 0 Å².